The first-order valence-electron chi connectivity index (χ1n) is 16.4. The van der Waals surface area contributed by atoms with Crippen LogP contribution in [0.4, 0.5) is 14.6 Å². The molecule has 4 aromatic rings. The van der Waals surface area contributed by atoms with Crippen molar-refractivity contribution < 1.29 is 18.6 Å². The highest BCUT2D eigenvalue weighted by Crippen LogP contribution is 2.42. The fraction of sp³-hybridized carbons (Fsp3) is 0.545. The third-order valence-electron chi connectivity index (χ3n) is 10.3. The van der Waals surface area contributed by atoms with Crippen LogP contribution in [0.1, 0.15) is 56.2 Å². The Kier molecular flexibility index (Phi) is 7.67. The van der Waals surface area contributed by atoms with Crippen molar-refractivity contribution in [3.05, 3.63) is 46.6 Å². The summed E-state index contributed by atoms with van der Waals surface area (Å²) in [6.07, 6.45) is 9.92. The molecule has 3 atom stereocenters. The first-order chi connectivity index (χ1) is 22.3. The number of ether oxygens (including phenoxy) is 1. The Morgan fingerprint density at radius 3 is 2.91 bits per heavy atom. The van der Waals surface area contributed by atoms with E-state index in [1.807, 2.05) is 10.9 Å². The van der Waals surface area contributed by atoms with Gasteiger partial charge in [0.2, 0.25) is 0 Å². The molecule has 3 fully saturated rings. The van der Waals surface area contributed by atoms with Gasteiger partial charge >= 0.3 is 6.01 Å². The number of rotatable bonds is 3. The molecule has 1 aromatic carbocycles. The number of piperidine rings is 1. The zero-order valence-corrected chi connectivity index (χ0v) is 26.4. The number of phenols is 1. The van der Waals surface area contributed by atoms with Gasteiger partial charge in [-0.2, -0.15) is 9.97 Å². The summed E-state index contributed by atoms with van der Waals surface area (Å²) in [6.45, 7) is 3.65. The smallest absolute Gasteiger partial charge is 0.319 e. The molecule has 1 unspecified atom stereocenters. The van der Waals surface area contributed by atoms with Crippen LogP contribution in [-0.2, 0) is 19.4 Å². The highest BCUT2D eigenvalue weighted by Gasteiger charge is 2.49. The molecule has 5 aliphatic heterocycles. The summed E-state index contributed by atoms with van der Waals surface area (Å²) in [5.41, 5.74) is 1.84. The maximum atomic E-state index is 16.8. The second-order valence-corrected chi connectivity index (χ2v) is 13.8. The topological polar surface area (TPSA) is 105 Å². The van der Waals surface area contributed by atoms with E-state index >= 15 is 4.39 Å². The van der Waals surface area contributed by atoms with Crippen LogP contribution in [0.15, 0.2) is 24.5 Å². The lowest BCUT2D eigenvalue weighted by Crippen LogP contribution is -2.43. The Labute approximate surface area is 270 Å². The van der Waals surface area contributed by atoms with Gasteiger partial charge < -0.3 is 14.7 Å². The Balaban J connectivity index is 1.25. The van der Waals surface area contributed by atoms with Crippen molar-refractivity contribution in [3.63, 3.8) is 0 Å². The van der Waals surface area contributed by atoms with Gasteiger partial charge in [-0.25, -0.2) is 8.78 Å². The van der Waals surface area contributed by atoms with Crippen LogP contribution in [0.3, 0.4) is 0 Å². The molecule has 242 valence electrons. The van der Waals surface area contributed by atoms with E-state index in [-0.39, 0.29) is 29.6 Å². The molecule has 10 nitrogen and oxygen atoms in total. The van der Waals surface area contributed by atoms with Crippen LogP contribution in [0, 0.1) is 11.7 Å². The van der Waals surface area contributed by atoms with Crippen molar-refractivity contribution in [2.45, 2.75) is 76.0 Å². The van der Waals surface area contributed by atoms with E-state index in [9.17, 15) is 9.50 Å². The number of fused-ring (bicyclic) bond motifs is 5. The molecule has 3 aromatic heterocycles. The van der Waals surface area contributed by atoms with Gasteiger partial charge in [0, 0.05) is 55.6 Å². The molecule has 8 heterocycles. The molecule has 0 spiro atoms. The summed E-state index contributed by atoms with van der Waals surface area (Å²) >= 11 is 6.65. The van der Waals surface area contributed by atoms with Crippen LogP contribution in [0.25, 0.3) is 22.2 Å². The molecule has 1 N–H and O–H groups in total. The summed E-state index contributed by atoms with van der Waals surface area (Å²) < 4.78 is 39.5. The van der Waals surface area contributed by atoms with E-state index in [4.69, 9.17) is 21.3 Å². The summed E-state index contributed by atoms with van der Waals surface area (Å²) in [6, 6.07) is 3.05. The Morgan fingerprint density at radius 1 is 1.09 bits per heavy atom. The third-order valence-corrected chi connectivity index (χ3v) is 10.6. The number of aromatic nitrogens is 6. The number of aryl methyl sites for hydroxylation is 1. The van der Waals surface area contributed by atoms with E-state index in [1.165, 1.54) is 12.1 Å². The largest absolute Gasteiger partial charge is 0.508 e. The number of halogens is 3. The Morgan fingerprint density at radius 2 is 2.00 bits per heavy atom. The monoisotopic (exact) mass is 650 g/mol. The van der Waals surface area contributed by atoms with Crippen LogP contribution in [0.2, 0.25) is 5.02 Å². The molecule has 8 bridgehead atoms. The van der Waals surface area contributed by atoms with Gasteiger partial charge in [0.25, 0.3) is 0 Å². The van der Waals surface area contributed by atoms with Crippen molar-refractivity contribution in [2.75, 3.05) is 37.7 Å². The number of anilines is 1. The predicted molar refractivity (Wildman–Crippen MR) is 170 cm³/mol. The minimum atomic E-state index is -0.890. The fourth-order valence-corrected chi connectivity index (χ4v) is 8.40. The van der Waals surface area contributed by atoms with Crippen molar-refractivity contribution >= 4 is 28.3 Å². The maximum Gasteiger partial charge on any atom is 0.319 e. The van der Waals surface area contributed by atoms with E-state index < -0.39 is 17.5 Å². The lowest BCUT2D eigenvalue weighted by Gasteiger charge is -2.34. The number of hydrogen-bond acceptors (Lipinski definition) is 9. The molecular formula is C33H37ClF2N8O2. The number of benzene rings is 1. The van der Waals surface area contributed by atoms with E-state index in [2.05, 4.69) is 30.1 Å². The van der Waals surface area contributed by atoms with Crippen LogP contribution in [0.5, 0.6) is 11.8 Å². The average molecular weight is 651 g/mol. The van der Waals surface area contributed by atoms with Gasteiger partial charge in [-0.05, 0) is 81.5 Å². The molecule has 46 heavy (non-hydrogen) atoms. The minimum Gasteiger partial charge on any atom is -0.508 e. The molecule has 0 saturated carbocycles. The normalized spacial score (nSPS) is 25.1. The van der Waals surface area contributed by atoms with Crippen LogP contribution < -0.4 is 9.64 Å². The highest BCUT2D eigenvalue weighted by molar-refractivity contribution is 6.32. The minimum absolute atomic E-state index is 0.0612. The van der Waals surface area contributed by atoms with Crippen LogP contribution >= 0.6 is 11.6 Å². The lowest BCUT2D eigenvalue weighted by molar-refractivity contribution is 0.107. The number of pyridine rings is 1. The molecule has 9 rings (SSSR count). The maximum absolute atomic E-state index is 16.8. The number of phenolic OH excluding ortho intramolecular Hbond substituents is 1. The third kappa shape index (κ3) is 5.42. The van der Waals surface area contributed by atoms with Crippen molar-refractivity contribution in [1.82, 2.24) is 34.8 Å². The van der Waals surface area contributed by atoms with Gasteiger partial charge in [-0.1, -0.05) is 16.8 Å². The quantitative estimate of drug-likeness (QED) is 0.306. The van der Waals surface area contributed by atoms with Gasteiger partial charge in [-0.15, -0.1) is 5.10 Å². The second-order valence-electron chi connectivity index (χ2n) is 13.4. The van der Waals surface area contributed by atoms with Crippen molar-refractivity contribution in [1.29, 1.82) is 0 Å². The number of hydrogen-bond donors (Lipinski definition) is 1. The standard InChI is InChI=1S/C33H37ClF2N8O2/c34-27-13-23(45)12-25-24(27)6-1-2-10-44-18-22(40-41-44)11-20-5-3-8-42(16-20)31-26-15-37-29(25)28(36)30(26)38-32(39-31)46-19-33-7-4-9-43(33)17-21(35)14-33/h12-13,15,18,20-21,45H,1-11,14,16-17,19H2/t20?,21-,33+/m1/s1. The Hall–Kier alpha value is -3.64. The summed E-state index contributed by atoms with van der Waals surface area (Å²) in [5.74, 6) is 0.183. The molecule has 0 amide bonds. The number of aromatic hydroxyl groups is 1. The molecule has 13 heteroatoms. The molecule has 0 radical (unpaired) electrons. The molecular weight excluding hydrogens is 614 g/mol. The van der Waals surface area contributed by atoms with Gasteiger partial charge in [0.1, 0.15) is 35.6 Å². The summed E-state index contributed by atoms with van der Waals surface area (Å²) in [7, 11) is 0. The zero-order valence-electron chi connectivity index (χ0n) is 25.6. The van der Waals surface area contributed by atoms with Crippen LogP contribution in [-0.4, -0.2) is 84.4 Å². The first-order valence-corrected chi connectivity index (χ1v) is 16.8. The first kappa shape index (κ1) is 29.7. The second kappa shape index (κ2) is 11.9. The van der Waals surface area contributed by atoms with E-state index in [0.29, 0.717) is 65.7 Å². The summed E-state index contributed by atoms with van der Waals surface area (Å²) in [5, 5.41) is 20.2. The summed E-state index contributed by atoms with van der Waals surface area (Å²) in [4.78, 5) is 18.4. The average Bonchev–Trinajstić information content (AvgIpc) is 3.73. The Bertz CT molecular complexity index is 1790. The molecule has 5 aliphatic rings. The highest BCUT2D eigenvalue weighted by atomic mass is 35.5. The van der Waals surface area contributed by atoms with Gasteiger partial charge in [0.15, 0.2) is 5.82 Å². The lowest BCUT2D eigenvalue weighted by atomic mass is 9.93. The zero-order chi connectivity index (χ0) is 31.4. The van der Waals surface area contributed by atoms with Crippen molar-refractivity contribution in [2.24, 2.45) is 5.92 Å². The van der Waals surface area contributed by atoms with Gasteiger partial charge in [-0.3, -0.25) is 14.6 Å². The van der Waals surface area contributed by atoms with E-state index in [1.54, 1.807) is 6.20 Å². The molecule has 3 saturated heterocycles. The predicted octanol–water partition coefficient (Wildman–Crippen LogP) is 5.53. The fourth-order valence-electron chi connectivity index (χ4n) is 8.09. The van der Waals surface area contributed by atoms with Crippen molar-refractivity contribution in [3.8, 4) is 23.0 Å². The SMILES string of the molecule is Oc1cc(Cl)c2c(c1)-c1ncc3c(nc(OC[C@@]45CCCN4C[C@H](F)C5)nc3c1F)N1CCCC(Cc3cn(nn3)CCCC2)C1. The number of alkyl halides is 1. The van der Waals surface area contributed by atoms with E-state index in [0.717, 1.165) is 63.7 Å². The van der Waals surface area contributed by atoms with Gasteiger partial charge in [0.05, 0.1) is 16.6 Å². The number of nitrogens with zero attached hydrogens (tertiary/aromatic N) is 8. The molecule has 0 aliphatic carbocycles.